The summed E-state index contributed by atoms with van der Waals surface area (Å²) in [4.78, 5) is 99.6. The maximum absolute atomic E-state index is 13.6. The van der Waals surface area contributed by atoms with Gasteiger partial charge in [0.05, 0.1) is 48.4 Å². The first-order chi connectivity index (χ1) is 36.6. The zero-order valence-corrected chi connectivity index (χ0v) is 46.9. The van der Waals surface area contributed by atoms with Gasteiger partial charge in [0, 0.05) is 57.6 Å². The van der Waals surface area contributed by atoms with Crippen LogP contribution in [0.2, 0.25) is 0 Å². The summed E-state index contributed by atoms with van der Waals surface area (Å²) in [6.45, 7) is 14.2. The van der Waals surface area contributed by atoms with Crippen LogP contribution in [0.5, 0.6) is 0 Å². The lowest BCUT2D eigenvalue weighted by atomic mass is 9.88. The molecule has 22 heteroatoms. The summed E-state index contributed by atoms with van der Waals surface area (Å²) in [6.07, 6.45) is 14.6. The maximum atomic E-state index is 13.6. The van der Waals surface area contributed by atoms with Crippen LogP contribution in [0.3, 0.4) is 0 Å². The van der Waals surface area contributed by atoms with Crippen LogP contribution in [0, 0.1) is 11.8 Å². The molecule has 0 saturated carbocycles. The lowest BCUT2D eigenvalue weighted by Gasteiger charge is -2.39. The molecule has 0 aromatic heterocycles. The quantitative estimate of drug-likeness (QED) is 0.0166. The predicted molar refractivity (Wildman–Crippen MR) is 293 cm³/mol. The lowest BCUT2D eigenvalue weighted by molar-refractivity contribution is -0.143. The minimum absolute atomic E-state index is 0.0203. The number of hydrogen-bond donors (Lipinski definition) is 8. The summed E-state index contributed by atoms with van der Waals surface area (Å²) in [5.74, 6) is -1.74. The number of alkyl carbamates (subject to hydrolysis) is 1. The summed E-state index contributed by atoms with van der Waals surface area (Å²) >= 11 is 1.45. The number of thioether (sulfide) groups is 1. The fourth-order valence-corrected chi connectivity index (χ4v) is 9.38. The summed E-state index contributed by atoms with van der Waals surface area (Å²) < 4.78 is 29.1. The molecule has 0 aliphatic carbocycles. The molecule has 3 aliphatic rings. The molecule has 4 rings (SSSR count). The van der Waals surface area contributed by atoms with E-state index in [4.69, 9.17) is 29.4 Å². The molecule has 0 unspecified atom stereocenters. The highest BCUT2D eigenvalue weighted by Gasteiger charge is 2.51. The number of benzene rings is 1. The third kappa shape index (κ3) is 24.5. The van der Waals surface area contributed by atoms with Crippen molar-refractivity contribution >= 4 is 65.1 Å². The summed E-state index contributed by atoms with van der Waals surface area (Å²) in [5.41, 5.74) is 7.06. The van der Waals surface area contributed by atoms with Crippen molar-refractivity contribution in [2.24, 2.45) is 17.6 Å². The second-order valence-electron chi connectivity index (χ2n) is 20.6. The number of epoxide rings is 1. The van der Waals surface area contributed by atoms with E-state index in [0.717, 1.165) is 24.8 Å². The first-order valence-electron chi connectivity index (χ1n) is 26.8. The highest BCUT2D eigenvalue weighted by Crippen LogP contribution is 2.42. The molecule has 428 valence electrons. The molecule has 0 bridgehead atoms. The Morgan fingerprint density at radius 2 is 1.60 bits per heavy atom. The van der Waals surface area contributed by atoms with Gasteiger partial charge in [-0.25, -0.2) is 9.59 Å². The topological polar surface area (TPSA) is 296 Å². The molecule has 10 atom stereocenters. The Hall–Kier alpha value is -5.97. The van der Waals surface area contributed by atoms with E-state index in [1.165, 1.54) is 24.8 Å². The number of carbonyl (C=O) groups is 8. The van der Waals surface area contributed by atoms with Gasteiger partial charge >= 0.3 is 18.1 Å². The van der Waals surface area contributed by atoms with Crippen molar-refractivity contribution in [1.29, 1.82) is 0 Å². The molecule has 0 radical (unpaired) electrons. The molecule has 3 fully saturated rings. The first-order valence-corrected chi connectivity index (χ1v) is 28.2. The highest BCUT2D eigenvalue weighted by atomic mass is 32.2. The maximum Gasteiger partial charge on any atom is 0.407 e. The Morgan fingerprint density at radius 3 is 2.27 bits per heavy atom. The second-order valence-corrected chi connectivity index (χ2v) is 21.5. The van der Waals surface area contributed by atoms with E-state index in [1.54, 1.807) is 51.1 Å². The number of rotatable bonds is 30. The molecule has 1 spiro atoms. The fraction of sp³-hybridized carbons (Fsp3) is 0.636. The van der Waals surface area contributed by atoms with Crippen LogP contribution in [0.25, 0.3) is 0 Å². The van der Waals surface area contributed by atoms with Gasteiger partial charge in [-0.15, -0.1) is 0 Å². The average molecular weight is 1100 g/mol. The SMILES string of the molecule is CSCC(=O)NCCCCCC(=O)N[C@H](C(=O)N[C@@H](CCCNC(N)=O)C(=O)Nc1ccc(COC(=O)NC[C@@H]2C[C@@]3(CO3)C[C@@H](/C=C/C(C)=C/C[C@@H]3O[C@H](C)[C@H](NC(=O)/C=C\[C@H](C)OC(C)=O)C[C@@H]3C)O2)cc1)C(C)C. The number of nitrogens with one attached hydrogen (secondary N) is 7. The van der Waals surface area contributed by atoms with Gasteiger partial charge in [0.2, 0.25) is 29.5 Å². The average Bonchev–Trinajstić information content (AvgIpc) is 4.13. The monoisotopic (exact) mass is 1100 g/mol. The van der Waals surface area contributed by atoms with Gasteiger partial charge in [0.1, 0.15) is 24.8 Å². The number of esters is 1. The van der Waals surface area contributed by atoms with Gasteiger partial charge in [0.25, 0.3) is 0 Å². The van der Waals surface area contributed by atoms with Crippen molar-refractivity contribution in [3.63, 3.8) is 0 Å². The van der Waals surface area contributed by atoms with Crippen molar-refractivity contribution in [3.05, 3.63) is 65.8 Å². The van der Waals surface area contributed by atoms with Gasteiger partial charge in [-0.3, -0.25) is 28.8 Å². The molecule has 3 saturated heterocycles. The number of anilines is 1. The third-order valence-corrected chi connectivity index (χ3v) is 13.9. The Morgan fingerprint density at radius 1 is 0.870 bits per heavy atom. The number of carbonyl (C=O) groups excluding carboxylic acids is 8. The van der Waals surface area contributed by atoms with Crippen LogP contribution in [0.1, 0.15) is 118 Å². The molecule has 9 N–H and O–H groups in total. The van der Waals surface area contributed by atoms with E-state index >= 15 is 0 Å². The highest BCUT2D eigenvalue weighted by molar-refractivity contribution is 7.99. The number of unbranched alkanes of at least 4 members (excludes halogenated alkanes) is 2. The van der Waals surface area contributed by atoms with Crippen LogP contribution in [0.4, 0.5) is 15.3 Å². The van der Waals surface area contributed by atoms with Gasteiger partial charge < -0.3 is 66.6 Å². The minimum atomic E-state index is -1.02. The molecule has 1 aromatic carbocycles. The first kappa shape index (κ1) is 63.6. The van der Waals surface area contributed by atoms with Gasteiger partial charge in [0.15, 0.2) is 0 Å². The summed E-state index contributed by atoms with van der Waals surface area (Å²) in [6, 6.07) is 3.89. The molecular formula is C55H84N8O13S. The van der Waals surface area contributed by atoms with E-state index in [2.05, 4.69) is 50.2 Å². The van der Waals surface area contributed by atoms with Gasteiger partial charge in [-0.2, -0.15) is 11.8 Å². The van der Waals surface area contributed by atoms with Crippen molar-refractivity contribution in [3.8, 4) is 0 Å². The van der Waals surface area contributed by atoms with Crippen molar-refractivity contribution in [1.82, 2.24) is 31.9 Å². The zero-order chi connectivity index (χ0) is 56.5. The van der Waals surface area contributed by atoms with Crippen LogP contribution in [-0.2, 0) is 59.1 Å². The number of ether oxygens (including phenoxy) is 5. The number of primary amides is 1. The van der Waals surface area contributed by atoms with Crippen molar-refractivity contribution in [2.45, 2.75) is 174 Å². The minimum Gasteiger partial charge on any atom is -0.459 e. The van der Waals surface area contributed by atoms with Crippen molar-refractivity contribution < 1.29 is 62.0 Å². The Bertz CT molecular complexity index is 2220. The Labute approximate surface area is 457 Å². The van der Waals surface area contributed by atoms with Crippen molar-refractivity contribution in [2.75, 3.05) is 43.6 Å². The summed E-state index contributed by atoms with van der Waals surface area (Å²) in [5, 5.41) is 19.6. The number of hydrogen-bond acceptors (Lipinski definition) is 14. The van der Waals surface area contributed by atoms with E-state index in [0.29, 0.717) is 62.3 Å². The largest absolute Gasteiger partial charge is 0.459 e. The van der Waals surface area contributed by atoms with E-state index < -0.39 is 48.1 Å². The third-order valence-electron chi connectivity index (χ3n) is 13.4. The summed E-state index contributed by atoms with van der Waals surface area (Å²) in [7, 11) is 0. The molecule has 3 aliphatic heterocycles. The smallest absolute Gasteiger partial charge is 0.407 e. The van der Waals surface area contributed by atoms with Crippen LogP contribution in [0.15, 0.2) is 60.2 Å². The second kappa shape index (κ2) is 32.7. The number of allylic oxidation sites excluding steroid dienone is 2. The predicted octanol–water partition coefficient (Wildman–Crippen LogP) is 4.98. The van der Waals surface area contributed by atoms with E-state index in [9.17, 15) is 38.4 Å². The van der Waals surface area contributed by atoms with Gasteiger partial charge in [-0.1, -0.05) is 63.1 Å². The molecule has 1 aromatic rings. The normalized spacial score (nSPS) is 23.3. The van der Waals surface area contributed by atoms with Crippen LogP contribution >= 0.6 is 11.8 Å². The standard InChI is InChI=1S/C55H84N8O13S/c1-34(2)50(63-47(65)14-10-9-11-25-57-49(67)32-77-8)52(69)62-44(13-12-26-58-53(56)70)51(68)60-41-20-18-40(19-21-41)31-72-54(71)59-30-43-29-55(33-73-55)28-42(76-43)22-15-35(3)16-23-46-36(4)27-45(38(6)75-46)61-48(66)24-17-37(5)74-39(7)64/h15-22,24,34,36-38,42-46,50H,9-14,23,25-33H2,1-8H3,(H,57,67)(H,59,71)(H,60,68)(H,61,66)(H,62,69)(H,63,65)(H3,56,58,70)/b22-15+,24-17-,35-16+/t36-,37-,38+,42+,43-,44-,45+,46-,50-,55+/m0/s1. The number of urea groups is 1. The molecule has 3 heterocycles. The van der Waals surface area contributed by atoms with Gasteiger partial charge in [-0.05, 0) is 101 Å². The number of nitrogens with two attached hydrogens (primary N) is 1. The molecular weight excluding hydrogens is 1010 g/mol. The Kier molecular flexibility index (Phi) is 27.0. The number of amides is 8. The molecule has 77 heavy (non-hydrogen) atoms. The lowest BCUT2D eigenvalue weighted by Crippen LogP contribution is -2.54. The fourth-order valence-electron chi connectivity index (χ4n) is 9.01. The Balaban J connectivity index is 1.21. The van der Waals surface area contributed by atoms with E-state index in [-0.39, 0.29) is 98.2 Å². The molecule has 8 amide bonds. The van der Waals surface area contributed by atoms with Crippen LogP contribution < -0.4 is 43.0 Å². The van der Waals surface area contributed by atoms with E-state index in [1.807, 2.05) is 32.3 Å². The molecule has 21 nitrogen and oxygen atoms in total. The van der Waals surface area contributed by atoms with Crippen LogP contribution in [-0.4, -0.2) is 140 Å². The zero-order valence-electron chi connectivity index (χ0n) is 46.1.